The summed E-state index contributed by atoms with van der Waals surface area (Å²) < 4.78 is 0. The fourth-order valence-electron chi connectivity index (χ4n) is 1.43. The second kappa shape index (κ2) is 5.61. The van der Waals surface area contributed by atoms with Crippen LogP contribution in [0.4, 0.5) is 5.69 Å². The molecule has 0 aliphatic carbocycles. The van der Waals surface area contributed by atoms with Gasteiger partial charge in [-0.25, -0.2) is 0 Å². The van der Waals surface area contributed by atoms with E-state index < -0.39 is 0 Å². The average molecular weight is 301 g/mol. The van der Waals surface area contributed by atoms with Crippen molar-refractivity contribution in [2.45, 2.75) is 0 Å². The van der Waals surface area contributed by atoms with Gasteiger partial charge in [0.05, 0.1) is 0 Å². The van der Waals surface area contributed by atoms with E-state index in [0.29, 0.717) is 26.3 Å². The van der Waals surface area contributed by atoms with Crippen molar-refractivity contribution in [2.24, 2.45) is 0 Å². The predicted molar refractivity (Wildman–Crippen MR) is 75.9 cm³/mol. The molecule has 5 heteroatoms. The maximum absolute atomic E-state index is 11.9. The molecule has 2 aromatic rings. The summed E-state index contributed by atoms with van der Waals surface area (Å²) in [5, 5.41) is 4.22. The van der Waals surface area contributed by atoms with E-state index >= 15 is 0 Å². The summed E-state index contributed by atoms with van der Waals surface area (Å²) >= 11 is 17.4. The highest BCUT2D eigenvalue weighted by Gasteiger charge is 2.06. The highest BCUT2D eigenvalue weighted by atomic mass is 35.5. The second-order valence-electron chi connectivity index (χ2n) is 3.62. The van der Waals surface area contributed by atoms with E-state index in [0.717, 1.165) is 0 Å². The molecule has 2 aromatic carbocycles. The van der Waals surface area contributed by atoms with E-state index in [-0.39, 0.29) is 5.91 Å². The molecule has 1 N–H and O–H groups in total. The summed E-state index contributed by atoms with van der Waals surface area (Å²) in [6.45, 7) is 0. The van der Waals surface area contributed by atoms with Crippen molar-refractivity contribution in [3.8, 4) is 0 Å². The smallest absolute Gasteiger partial charge is 0.255 e. The second-order valence-corrected chi connectivity index (χ2v) is 4.93. The van der Waals surface area contributed by atoms with Crippen molar-refractivity contribution in [1.29, 1.82) is 0 Å². The minimum atomic E-state index is -0.245. The minimum Gasteiger partial charge on any atom is -0.322 e. The molecule has 0 unspecified atom stereocenters. The number of hydrogen-bond donors (Lipinski definition) is 1. The molecule has 0 aliphatic heterocycles. The molecule has 92 valence electrons. The van der Waals surface area contributed by atoms with Crippen molar-refractivity contribution in [2.75, 3.05) is 5.32 Å². The molecule has 1 amide bonds. The zero-order valence-electron chi connectivity index (χ0n) is 9.08. The lowest BCUT2D eigenvalue weighted by molar-refractivity contribution is 0.102. The third kappa shape index (κ3) is 3.39. The molecule has 0 heterocycles. The van der Waals surface area contributed by atoms with Crippen LogP contribution in [-0.2, 0) is 0 Å². The molecule has 0 radical (unpaired) electrons. The van der Waals surface area contributed by atoms with Crippen molar-refractivity contribution in [3.05, 3.63) is 63.1 Å². The summed E-state index contributed by atoms with van der Waals surface area (Å²) in [5.41, 5.74) is 1.06. The number of benzene rings is 2. The SMILES string of the molecule is O=C(Nc1cc(Cl)cc(Cl)c1)c1ccc(Cl)cc1. The Kier molecular flexibility index (Phi) is 4.12. The van der Waals surface area contributed by atoms with Gasteiger partial charge in [-0.15, -0.1) is 0 Å². The van der Waals surface area contributed by atoms with Gasteiger partial charge in [0.25, 0.3) is 5.91 Å². The molecule has 0 saturated carbocycles. The van der Waals surface area contributed by atoms with Crippen LogP contribution in [0.2, 0.25) is 15.1 Å². The number of carbonyl (C=O) groups excluding carboxylic acids is 1. The number of anilines is 1. The molecular formula is C13H8Cl3NO. The first-order chi connectivity index (χ1) is 8.54. The predicted octanol–water partition coefficient (Wildman–Crippen LogP) is 4.90. The van der Waals surface area contributed by atoms with Crippen molar-refractivity contribution >= 4 is 46.4 Å². The zero-order valence-corrected chi connectivity index (χ0v) is 11.4. The van der Waals surface area contributed by atoms with Gasteiger partial charge in [0, 0.05) is 26.3 Å². The molecule has 0 aromatic heterocycles. The summed E-state index contributed by atoms with van der Waals surface area (Å²) in [7, 11) is 0. The average Bonchev–Trinajstić information content (AvgIpc) is 2.28. The Labute approximate surface area is 119 Å². The lowest BCUT2D eigenvalue weighted by Crippen LogP contribution is -2.11. The fraction of sp³-hybridized carbons (Fsp3) is 0. The van der Waals surface area contributed by atoms with Gasteiger partial charge >= 0.3 is 0 Å². The van der Waals surface area contributed by atoms with E-state index in [4.69, 9.17) is 34.8 Å². The van der Waals surface area contributed by atoms with Crippen LogP contribution in [0.5, 0.6) is 0 Å². The minimum absolute atomic E-state index is 0.245. The Balaban J connectivity index is 2.18. The Morgan fingerprint density at radius 3 is 1.94 bits per heavy atom. The molecule has 0 saturated heterocycles. The van der Waals surface area contributed by atoms with Gasteiger partial charge in [0.2, 0.25) is 0 Å². The normalized spacial score (nSPS) is 10.2. The van der Waals surface area contributed by atoms with Crippen molar-refractivity contribution in [1.82, 2.24) is 0 Å². The molecule has 0 spiro atoms. The molecule has 18 heavy (non-hydrogen) atoms. The van der Waals surface area contributed by atoms with E-state index in [1.807, 2.05) is 0 Å². The van der Waals surface area contributed by atoms with E-state index in [1.165, 1.54) is 0 Å². The zero-order chi connectivity index (χ0) is 13.1. The first-order valence-electron chi connectivity index (χ1n) is 5.07. The third-order valence-corrected chi connectivity index (χ3v) is 2.92. The van der Waals surface area contributed by atoms with Crippen LogP contribution in [0, 0.1) is 0 Å². The molecule has 2 nitrogen and oxygen atoms in total. The van der Waals surface area contributed by atoms with Crippen LogP contribution in [0.3, 0.4) is 0 Å². The molecule has 0 atom stereocenters. The number of amides is 1. The Morgan fingerprint density at radius 1 is 0.833 bits per heavy atom. The van der Waals surface area contributed by atoms with Crippen molar-refractivity contribution in [3.63, 3.8) is 0 Å². The Hall–Kier alpha value is -1.22. The summed E-state index contributed by atoms with van der Waals surface area (Å²) in [4.78, 5) is 11.9. The van der Waals surface area contributed by atoms with E-state index in [2.05, 4.69) is 5.32 Å². The maximum Gasteiger partial charge on any atom is 0.255 e. The number of rotatable bonds is 2. The van der Waals surface area contributed by atoms with E-state index in [9.17, 15) is 4.79 Å². The topological polar surface area (TPSA) is 29.1 Å². The Morgan fingerprint density at radius 2 is 1.39 bits per heavy atom. The molecule has 0 aliphatic rings. The highest BCUT2D eigenvalue weighted by Crippen LogP contribution is 2.23. The van der Waals surface area contributed by atoms with E-state index in [1.54, 1.807) is 42.5 Å². The van der Waals surface area contributed by atoms with Gasteiger partial charge in [0.1, 0.15) is 0 Å². The highest BCUT2D eigenvalue weighted by molar-refractivity contribution is 6.35. The third-order valence-electron chi connectivity index (χ3n) is 2.23. The van der Waals surface area contributed by atoms with Gasteiger partial charge in [-0.3, -0.25) is 4.79 Å². The number of halogens is 3. The molecule has 2 rings (SSSR count). The van der Waals surface area contributed by atoms with Gasteiger partial charge in [-0.2, -0.15) is 0 Å². The van der Waals surface area contributed by atoms with Crippen LogP contribution in [0.1, 0.15) is 10.4 Å². The quantitative estimate of drug-likeness (QED) is 0.840. The number of hydrogen-bond acceptors (Lipinski definition) is 1. The summed E-state index contributed by atoms with van der Waals surface area (Å²) in [6.07, 6.45) is 0. The standard InChI is InChI=1S/C13H8Cl3NO/c14-9-3-1-8(2-4-9)13(18)17-12-6-10(15)5-11(16)7-12/h1-7H,(H,17,18). The van der Waals surface area contributed by atoms with Crippen LogP contribution in [0.15, 0.2) is 42.5 Å². The molecule has 0 fully saturated rings. The Bertz CT molecular complexity index is 561. The van der Waals surface area contributed by atoms with Gasteiger partial charge < -0.3 is 5.32 Å². The number of nitrogens with one attached hydrogen (secondary N) is 1. The first-order valence-corrected chi connectivity index (χ1v) is 6.21. The summed E-state index contributed by atoms with van der Waals surface area (Å²) in [6, 6.07) is 11.4. The summed E-state index contributed by atoms with van der Waals surface area (Å²) in [5.74, 6) is -0.245. The monoisotopic (exact) mass is 299 g/mol. The van der Waals surface area contributed by atoms with Gasteiger partial charge in [0.15, 0.2) is 0 Å². The first kappa shape index (κ1) is 13.2. The van der Waals surface area contributed by atoms with Crippen LogP contribution in [-0.4, -0.2) is 5.91 Å². The fourth-order valence-corrected chi connectivity index (χ4v) is 2.08. The van der Waals surface area contributed by atoms with Crippen molar-refractivity contribution < 1.29 is 4.79 Å². The van der Waals surface area contributed by atoms with Crippen LogP contribution < -0.4 is 5.32 Å². The lowest BCUT2D eigenvalue weighted by Gasteiger charge is -2.06. The van der Waals surface area contributed by atoms with Crippen LogP contribution in [0.25, 0.3) is 0 Å². The number of carbonyl (C=O) groups is 1. The maximum atomic E-state index is 11.9. The van der Waals surface area contributed by atoms with Gasteiger partial charge in [-0.05, 0) is 42.5 Å². The lowest BCUT2D eigenvalue weighted by atomic mass is 10.2. The molecular weight excluding hydrogens is 293 g/mol. The van der Waals surface area contributed by atoms with Crippen LogP contribution >= 0.6 is 34.8 Å². The van der Waals surface area contributed by atoms with Gasteiger partial charge in [-0.1, -0.05) is 34.8 Å². The largest absolute Gasteiger partial charge is 0.322 e. The molecule has 0 bridgehead atoms.